The molecule has 6 heteroatoms. The number of ether oxygens (including phenoxy) is 1. The number of para-hydroxylation sites is 1. The lowest BCUT2D eigenvalue weighted by molar-refractivity contribution is 0.0526. The van der Waals surface area contributed by atoms with Gasteiger partial charge in [0.05, 0.1) is 12.2 Å². The highest BCUT2D eigenvalue weighted by Crippen LogP contribution is 2.29. The van der Waals surface area contributed by atoms with Gasteiger partial charge in [0.1, 0.15) is 0 Å². The van der Waals surface area contributed by atoms with Gasteiger partial charge < -0.3 is 20.4 Å². The van der Waals surface area contributed by atoms with Crippen LogP contribution in [0.1, 0.15) is 35.0 Å². The van der Waals surface area contributed by atoms with Crippen molar-refractivity contribution in [2.24, 2.45) is 0 Å². The van der Waals surface area contributed by atoms with E-state index in [0.29, 0.717) is 17.9 Å². The molecule has 0 aliphatic heterocycles. The number of anilines is 1. The first-order chi connectivity index (χ1) is 13.6. The normalized spacial score (nSPS) is 15.7. The third-order valence-electron chi connectivity index (χ3n) is 5.06. The number of urea groups is 1. The number of esters is 1. The average molecular weight is 377 g/mol. The van der Waals surface area contributed by atoms with Gasteiger partial charge in [0, 0.05) is 28.3 Å². The van der Waals surface area contributed by atoms with Gasteiger partial charge in [0.15, 0.2) is 0 Å². The van der Waals surface area contributed by atoms with Gasteiger partial charge in [-0.15, -0.1) is 0 Å². The van der Waals surface area contributed by atoms with Gasteiger partial charge >= 0.3 is 12.0 Å². The minimum absolute atomic E-state index is 0.0694. The van der Waals surface area contributed by atoms with E-state index in [9.17, 15) is 9.59 Å². The van der Waals surface area contributed by atoms with Gasteiger partial charge in [0.2, 0.25) is 0 Å². The zero-order chi connectivity index (χ0) is 19.5. The molecule has 2 amide bonds. The Balaban J connectivity index is 1.41. The van der Waals surface area contributed by atoms with Gasteiger partial charge in [0.25, 0.3) is 0 Å². The Labute approximate surface area is 163 Å². The van der Waals surface area contributed by atoms with Crippen LogP contribution in [-0.2, 0) is 17.6 Å². The van der Waals surface area contributed by atoms with Crippen LogP contribution in [-0.4, -0.2) is 29.6 Å². The number of benzene rings is 2. The molecule has 1 aliphatic rings. The Morgan fingerprint density at radius 2 is 2.04 bits per heavy atom. The Kier molecular flexibility index (Phi) is 5.02. The predicted octanol–water partition coefficient (Wildman–Crippen LogP) is 4.02. The first kappa shape index (κ1) is 18.1. The molecule has 3 N–H and O–H groups in total. The summed E-state index contributed by atoms with van der Waals surface area (Å²) in [6, 6.07) is 14.8. The fourth-order valence-electron chi connectivity index (χ4n) is 3.78. The first-order valence-electron chi connectivity index (χ1n) is 9.57. The summed E-state index contributed by atoms with van der Waals surface area (Å²) in [5.74, 6) is -0.397. The van der Waals surface area contributed by atoms with Crippen molar-refractivity contribution in [1.29, 1.82) is 0 Å². The van der Waals surface area contributed by atoms with Crippen molar-refractivity contribution in [3.05, 3.63) is 65.4 Å². The van der Waals surface area contributed by atoms with E-state index in [2.05, 4.69) is 27.8 Å². The van der Waals surface area contributed by atoms with Crippen molar-refractivity contribution in [1.82, 2.24) is 10.3 Å². The molecule has 1 heterocycles. The summed E-state index contributed by atoms with van der Waals surface area (Å²) in [5, 5.41) is 7.10. The highest BCUT2D eigenvalue weighted by molar-refractivity contribution is 5.94. The third-order valence-corrected chi connectivity index (χ3v) is 5.06. The number of aromatic nitrogens is 1. The number of rotatable bonds is 4. The van der Waals surface area contributed by atoms with E-state index >= 15 is 0 Å². The topological polar surface area (TPSA) is 83.2 Å². The second-order valence-corrected chi connectivity index (χ2v) is 6.97. The fourth-order valence-corrected chi connectivity index (χ4v) is 3.78. The monoisotopic (exact) mass is 377 g/mol. The van der Waals surface area contributed by atoms with Crippen molar-refractivity contribution >= 4 is 28.6 Å². The van der Waals surface area contributed by atoms with Crippen LogP contribution in [0, 0.1) is 0 Å². The number of aryl methyl sites for hydroxylation is 1. The minimum Gasteiger partial charge on any atom is -0.462 e. The lowest BCUT2D eigenvalue weighted by Gasteiger charge is -2.24. The molecule has 1 aliphatic carbocycles. The zero-order valence-corrected chi connectivity index (χ0v) is 15.7. The maximum Gasteiger partial charge on any atom is 0.338 e. The van der Waals surface area contributed by atoms with E-state index in [1.165, 1.54) is 16.6 Å². The number of H-pyrrole nitrogens is 1. The molecule has 3 aromatic rings. The van der Waals surface area contributed by atoms with Crippen LogP contribution in [0.5, 0.6) is 0 Å². The highest BCUT2D eigenvalue weighted by atomic mass is 16.5. The molecule has 0 radical (unpaired) electrons. The van der Waals surface area contributed by atoms with E-state index in [1.807, 2.05) is 12.1 Å². The van der Waals surface area contributed by atoms with Crippen LogP contribution in [0.25, 0.3) is 10.9 Å². The van der Waals surface area contributed by atoms with E-state index in [1.54, 1.807) is 31.2 Å². The Bertz CT molecular complexity index is 1020. The smallest absolute Gasteiger partial charge is 0.338 e. The summed E-state index contributed by atoms with van der Waals surface area (Å²) >= 11 is 0. The van der Waals surface area contributed by atoms with Crippen molar-refractivity contribution in [2.75, 3.05) is 11.9 Å². The molecule has 144 valence electrons. The molecule has 0 saturated heterocycles. The van der Waals surface area contributed by atoms with Gasteiger partial charge in [-0.2, -0.15) is 0 Å². The lowest BCUT2D eigenvalue weighted by atomic mass is 9.91. The van der Waals surface area contributed by atoms with E-state index in [0.717, 1.165) is 24.8 Å². The molecule has 0 fully saturated rings. The van der Waals surface area contributed by atoms with Crippen LogP contribution >= 0.6 is 0 Å². The first-order valence-corrected chi connectivity index (χ1v) is 9.57. The quantitative estimate of drug-likeness (QED) is 0.601. The summed E-state index contributed by atoms with van der Waals surface area (Å²) in [6.07, 6.45) is 2.60. The van der Waals surface area contributed by atoms with Crippen LogP contribution in [0.4, 0.5) is 10.5 Å². The minimum atomic E-state index is -0.397. The molecule has 4 rings (SSSR count). The average Bonchev–Trinajstić information content (AvgIpc) is 3.06. The van der Waals surface area contributed by atoms with E-state index in [-0.39, 0.29) is 12.1 Å². The van der Waals surface area contributed by atoms with Crippen molar-refractivity contribution in [3.63, 3.8) is 0 Å². The molecule has 1 atom stereocenters. The molecular weight excluding hydrogens is 354 g/mol. The number of nitrogens with one attached hydrogen (secondary N) is 3. The summed E-state index contributed by atoms with van der Waals surface area (Å²) in [7, 11) is 0. The van der Waals surface area contributed by atoms with Crippen LogP contribution in [0.15, 0.2) is 48.5 Å². The predicted molar refractivity (Wildman–Crippen MR) is 109 cm³/mol. The second kappa shape index (κ2) is 7.76. The Morgan fingerprint density at radius 3 is 2.89 bits per heavy atom. The molecule has 1 aromatic heterocycles. The molecule has 0 bridgehead atoms. The third kappa shape index (κ3) is 3.71. The molecule has 0 spiro atoms. The van der Waals surface area contributed by atoms with Gasteiger partial charge in [-0.05, 0) is 56.0 Å². The highest BCUT2D eigenvalue weighted by Gasteiger charge is 2.23. The Morgan fingerprint density at radius 1 is 1.18 bits per heavy atom. The summed E-state index contributed by atoms with van der Waals surface area (Å²) in [6.45, 7) is 2.07. The standard InChI is InChI=1S/C22H23N3O3/c1-2-28-21(26)14-6-5-7-15(12-14)23-22(27)24-16-10-11-20-18(13-16)17-8-3-4-9-19(17)25-20/h3-9,12,16,25H,2,10-11,13H2,1H3,(H2,23,24,27). The summed E-state index contributed by atoms with van der Waals surface area (Å²) in [4.78, 5) is 27.8. The Hall–Kier alpha value is -3.28. The maximum atomic E-state index is 12.5. The van der Waals surface area contributed by atoms with Crippen LogP contribution in [0.2, 0.25) is 0 Å². The van der Waals surface area contributed by atoms with E-state index in [4.69, 9.17) is 4.74 Å². The van der Waals surface area contributed by atoms with Gasteiger partial charge in [-0.25, -0.2) is 9.59 Å². The number of hydrogen-bond acceptors (Lipinski definition) is 3. The van der Waals surface area contributed by atoms with Crippen LogP contribution < -0.4 is 10.6 Å². The summed E-state index contributed by atoms with van der Waals surface area (Å²) < 4.78 is 5.00. The van der Waals surface area contributed by atoms with Crippen molar-refractivity contribution in [3.8, 4) is 0 Å². The molecule has 28 heavy (non-hydrogen) atoms. The number of amides is 2. The van der Waals surface area contributed by atoms with Crippen molar-refractivity contribution in [2.45, 2.75) is 32.2 Å². The number of carbonyl (C=O) groups is 2. The lowest BCUT2D eigenvalue weighted by Crippen LogP contribution is -2.41. The number of aromatic amines is 1. The SMILES string of the molecule is CCOC(=O)c1cccc(NC(=O)NC2CCc3[nH]c4ccccc4c3C2)c1. The molecule has 0 saturated carbocycles. The zero-order valence-electron chi connectivity index (χ0n) is 15.7. The van der Waals surface area contributed by atoms with Crippen molar-refractivity contribution < 1.29 is 14.3 Å². The molecule has 1 unspecified atom stereocenters. The summed E-state index contributed by atoms with van der Waals surface area (Å²) in [5.41, 5.74) is 4.68. The molecule has 6 nitrogen and oxygen atoms in total. The number of hydrogen-bond donors (Lipinski definition) is 3. The van der Waals surface area contributed by atoms with Gasteiger partial charge in [-0.3, -0.25) is 0 Å². The largest absolute Gasteiger partial charge is 0.462 e. The number of carbonyl (C=O) groups excluding carboxylic acids is 2. The second-order valence-electron chi connectivity index (χ2n) is 6.97. The maximum absolute atomic E-state index is 12.5. The van der Waals surface area contributed by atoms with Gasteiger partial charge in [-0.1, -0.05) is 24.3 Å². The molecule has 2 aromatic carbocycles. The fraction of sp³-hybridized carbons (Fsp3) is 0.273. The van der Waals surface area contributed by atoms with Crippen LogP contribution in [0.3, 0.4) is 0 Å². The molecular formula is C22H23N3O3. The van der Waals surface area contributed by atoms with E-state index < -0.39 is 5.97 Å². The number of fused-ring (bicyclic) bond motifs is 3.